The van der Waals surface area contributed by atoms with E-state index in [1.807, 2.05) is 0 Å². The van der Waals surface area contributed by atoms with Crippen LogP contribution in [-0.4, -0.2) is 41.5 Å². The lowest BCUT2D eigenvalue weighted by Crippen LogP contribution is -2.42. The topological polar surface area (TPSA) is 40.5 Å². The van der Waals surface area contributed by atoms with Gasteiger partial charge < -0.3 is 10.0 Å². The number of aliphatic hydroxyl groups excluding tert-OH is 1. The fourth-order valence-electron chi connectivity index (χ4n) is 1.36. The summed E-state index contributed by atoms with van der Waals surface area (Å²) in [4.78, 5) is 12.4. The zero-order chi connectivity index (χ0) is 9.84. The molecule has 1 unspecified atom stereocenters. The normalized spacial score (nSPS) is 20.9. The highest BCUT2D eigenvalue weighted by Crippen LogP contribution is 2.12. The number of hydrogen-bond donors (Lipinski definition) is 1. The van der Waals surface area contributed by atoms with E-state index in [-0.39, 0.29) is 12.5 Å². The van der Waals surface area contributed by atoms with Crippen molar-refractivity contribution in [2.45, 2.75) is 31.8 Å². The number of amides is 1. The Morgan fingerprint density at radius 3 is 2.69 bits per heavy atom. The van der Waals surface area contributed by atoms with Crippen LogP contribution in [0.15, 0.2) is 0 Å². The third-order valence-corrected chi connectivity index (χ3v) is 2.12. The van der Waals surface area contributed by atoms with E-state index >= 15 is 0 Å². The zero-order valence-electron chi connectivity index (χ0n) is 7.25. The molecule has 0 aromatic carbocycles. The fraction of sp³-hybridized carbons (Fsp3) is 0.875. The van der Waals surface area contributed by atoms with Gasteiger partial charge in [-0.3, -0.25) is 4.79 Å². The second-order valence-corrected chi connectivity index (χ2v) is 3.20. The predicted octanol–water partition coefficient (Wildman–Crippen LogP) is 0.625. The Labute approximate surface area is 75.3 Å². The summed E-state index contributed by atoms with van der Waals surface area (Å²) in [6.07, 6.45) is -2.41. The van der Waals surface area contributed by atoms with Crippen molar-refractivity contribution in [1.82, 2.24) is 4.90 Å². The predicted molar refractivity (Wildman–Crippen MR) is 42.4 cm³/mol. The molecule has 1 saturated heterocycles. The monoisotopic (exact) mass is 193 g/mol. The SMILES string of the molecule is O=C1CCCCN1CC(O)C(F)F. The average Bonchev–Trinajstić information content (AvgIpc) is 2.08. The van der Waals surface area contributed by atoms with Gasteiger partial charge in [0.05, 0.1) is 6.54 Å². The Kier molecular flexibility index (Phi) is 3.59. The van der Waals surface area contributed by atoms with Crippen molar-refractivity contribution in [3.05, 3.63) is 0 Å². The highest BCUT2D eigenvalue weighted by Gasteiger charge is 2.24. The van der Waals surface area contributed by atoms with Crippen molar-refractivity contribution in [3.63, 3.8) is 0 Å². The zero-order valence-corrected chi connectivity index (χ0v) is 7.25. The third kappa shape index (κ3) is 2.91. The number of nitrogens with zero attached hydrogens (tertiary/aromatic N) is 1. The molecule has 76 valence electrons. The molecule has 0 saturated carbocycles. The smallest absolute Gasteiger partial charge is 0.265 e. The quantitative estimate of drug-likeness (QED) is 0.714. The van der Waals surface area contributed by atoms with Crippen LogP contribution in [0.25, 0.3) is 0 Å². The lowest BCUT2D eigenvalue weighted by atomic mass is 10.1. The minimum atomic E-state index is -2.77. The molecule has 3 nitrogen and oxygen atoms in total. The Morgan fingerprint density at radius 2 is 2.15 bits per heavy atom. The van der Waals surface area contributed by atoms with Crippen molar-refractivity contribution in [2.24, 2.45) is 0 Å². The highest BCUT2D eigenvalue weighted by atomic mass is 19.3. The Hall–Kier alpha value is -0.710. The molecule has 0 bridgehead atoms. The van der Waals surface area contributed by atoms with Crippen LogP contribution in [0.4, 0.5) is 8.78 Å². The summed E-state index contributed by atoms with van der Waals surface area (Å²) in [7, 11) is 0. The molecule has 1 fully saturated rings. The molecule has 13 heavy (non-hydrogen) atoms. The van der Waals surface area contributed by atoms with E-state index < -0.39 is 12.5 Å². The largest absolute Gasteiger partial charge is 0.385 e. The van der Waals surface area contributed by atoms with Gasteiger partial charge in [0, 0.05) is 13.0 Å². The summed E-state index contributed by atoms with van der Waals surface area (Å²) < 4.78 is 23.8. The van der Waals surface area contributed by atoms with Crippen LogP contribution >= 0.6 is 0 Å². The highest BCUT2D eigenvalue weighted by molar-refractivity contribution is 5.76. The van der Waals surface area contributed by atoms with Crippen LogP contribution in [0, 0.1) is 0 Å². The number of carbonyl (C=O) groups is 1. The number of carbonyl (C=O) groups excluding carboxylic acids is 1. The van der Waals surface area contributed by atoms with Gasteiger partial charge in [0.25, 0.3) is 6.43 Å². The Bertz CT molecular complexity index is 187. The van der Waals surface area contributed by atoms with Crippen LogP contribution in [0.2, 0.25) is 0 Å². The van der Waals surface area contributed by atoms with Gasteiger partial charge in [0.1, 0.15) is 6.10 Å². The van der Waals surface area contributed by atoms with Crippen molar-refractivity contribution in [2.75, 3.05) is 13.1 Å². The summed E-state index contributed by atoms with van der Waals surface area (Å²) in [6, 6.07) is 0. The lowest BCUT2D eigenvalue weighted by Gasteiger charge is -2.28. The summed E-state index contributed by atoms with van der Waals surface area (Å²) in [6.45, 7) is 0.249. The van der Waals surface area contributed by atoms with Crippen LogP contribution in [0.5, 0.6) is 0 Å². The van der Waals surface area contributed by atoms with Crippen LogP contribution in [-0.2, 0) is 4.79 Å². The van der Waals surface area contributed by atoms with Crippen LogP contribution < -0.4 is 0 Å². The maximum Gasteiger partial charge on any atom is 0.265 e. The van der Waals surface area contributed by atoms with E-state index in [0.29, 0.717) is 13.0 Å². The van der Waals surface area contributed by atoms with Gasteiger partial charge >= 0.3 is 0 Å². The van der Waals surface area contributed by atoms with Gasteiger partial charge in [-0.2, -0.15) is 0 Å². The van der Waals surface area contributed by atoms with Crippen LogP contribution in [0.1, 0.15) is 19.3 Å². The number of halogens is 2. The number of piperidine rings is 1. The van der Waals surface area contributed by atoms with E-state index in [1.54, 1.807) is 0 Å². The first-order valence-corrected chi connectivity index (χ1v) is 4.35. The molecule has 0 aliphatic carbocycles. The second kappa shape index (κ2) is 4.50. The molecular weight excluding hydrogens is 180 g/mol. The number of likely N-dealkylation sites (tertiary alicyclic amines) is 1. The molecule has 1 aliphatic rings. The first-order valence-electron chi connectivity index (χ1n) is 4.35. The van der Waals surface area contributed by atoms with Gasteiger partial charge in [0.15, 0.2) is 0 Å². The molecular formula is C8H13F2NO2. The molecule has 1 N–H and O–H groups in total. The maximum atomic E-state index is 11.9. The van der Waals surface area contributed by atoms with Gasteiger partial charge in [-0.05, 0) is 12.8 Å². The standard InChI is InChI=1S/C8H13F2NO2/c9-8(10)6(12)5-11-4-2-1-3-7(11)13/h6,8,12H,1-5H2. The minimum absolute atomic E-state index is 0.133. The van der Waals surface area contributed by atoms with Gasteiger partial charge in [0.2, 0.25) is 5.91 Å². The van der Waals surface area contributed by atoms with E-state index in [9.17, 15) is 13.6 Å². The number of β-amino-alcohol motifs (C(OH)–C–C–N with tert-alkyl or cyclic N) is 1. The number of rotatable bonds is 3. The van der Waals surface area contributed by atoms with E-state index in [1.165, 1.54) is 4.90 Å². The van der Waals surface area contributed by atoms with Gasteiger partial charge in [-0.1, -0.05) is 0 Å². The molecule has 5 heteroatoms. The summed E-state index contributed by atoms with van der Waals surface area (Å²) in [5.74, 6) is -0.133. The van der Waals surface area contributed by atoms with Crippen LogP contribution in [0.3, 0.4) is 0 Å². The van der Waals surface area contributed by atoms with Crippen molar-refractivity contribution in [3.8, 4) is 0 Å². The van der Waals surface area contributed by atoms with Gasteiger partial charge in [-0.15, -0.1) is 0 Å². The Morgan fingerprint density at radius 1 is 1.46 bits per heavy atom. The molecule has 0 aromatic heterocycles. The molecule has 1 aliphatic heterocycles. The summed E-state index contributed by atoms with van der Waals surface area (Å²) >= 11 is 0. The minimum Gasteiger partial charge on any atom is -0.385 e. The number of aliphatic hydroxyl groups is 1. The maximum absolute atomic E-state index is 11.9. The first kappa shape index (κ1) is 10.4. The van der Waals surface area contributed by atoms with E-state index in [2.05, 4.69) is 0 Å². The number of alkyl halides is 2. The number of hydrogen-bond acceptors (Lipinski definition) is 2. The molecule has 0 radical (unpaired) electrons. The molecule has 1 heterocycles. The molecule has 1 amide bonds. The summed E-state index contributed by atoms with van der Waals surface area (Å²) in [5, 5.41) is 8.85. The van der Waals surface area contributed by atoms with Crippen molar-refractivity contribution in [1.29, 1.82) is 0 Å². The Balaban J connectivity index is 2.38. The van der Waals surface area contributed by atoms with E-state index in [4.69, 9.17) is 5.11 Å². The first-order chi connectivity index (χ1) is 6.11. The summed E-state index contributed by atoms with van der Waals surface area (Å²) in [5.41, 5.74) is 0. The van der Waals surface area contributed by atoms with Gasteiger partial charge in [-0.25, -0.2) is 8.78 Å². The van der Waals surface area contributed by atoms with Crippen molar-refractivity contribution < 1.29 is 18.7 Å². The molecule has 1 atom stereocenters. The third-order valence-electron chi connectivity index (χ3n) is 2.12. The van der Waals surface area contributed by atoms with E-state index in [0.717, 1.165) is 12.8 Å². The van der Waals surface area contributed by atoms with Crippen molar-refractivity contribution >= 4 is 5.91 Å². The molecule has 0 spiro atoms. The second-order valence-electron chi connectivity index (χ2n) is 3.20. The molecule has 0 aromatic rings. The lowest BCUT2D eigenvalue weighted by molar-refractivity contribution is -0.136. The fourth-order valence-corrected chi connectivity index (χ4v) is 1.36. The molecule has 1 rings (SSSR count). The average molecular weight is 193 g/mol.